The quantitative estimate of drug-likeness (QED) is 0.603. The Kier molecular flexibility index (Phi) is 2.51. The van der Waals surface area contributed by atoms with Gasteiger partial charge in [-0.05, 0) is 36.1 Å². The summed E-state index contributed by atoms with van der Waals surface area (Å²) in [4.78, 5) is 0. The van der Waals surface area contributed by atoms with Crippen LogP contribution in [0.5, 0.6) is 11.5 Å². The molecule has 1 aromatic carbocycles. The number of rotatable bonds is 0. The summed E-state index contributed by atoms with van der Waals surface area (Å²) < 4.78 is 0. The maximum absolute atomic E-state index is 9.72. The fourth-order valence-electron chi connectivity index (χ4n) is 3.47. The van der Waals surface area contributed by atoms with Gasteiger partial charge in [0.15, 0.2) is 11.5 Å². The molecule has 0 aromatic heterocycles. The van der Waals surface area contributed by atoms with Crippen molar-refractivity contribution in [2.75, 3.05) is 6.54 Å². The minimum atomic E-state index is -0.00147. The molecule has 3 N–H and O–H groups in total. The fraction of sp³-hybridized carbons (Fsp3) is 0.571. The summed E-state index contributed by atoms with van der Waals surface area (Å²) in [6, 6.07) is 3.50. The highest BCUT2D eigenvalue weighted by Gasteiger charge is 2.38. The van der Waals surface area contributed by atoms with Crippen molar-refractivity contribution in [2.45, 2.75) is 44.1 Å². The van der Waals surface area contributed by atoms with Gasteiger partial charge in [0.25, 0.3) is 0 Å². The number of nitrogens with one attached hydrogen (secondary N) is 1. The van der Waals surface area contributed by atoms with Crippen LogP contribution in [0.1, 0.15) is 43.2 Å². The summed E-state index contributed by atoms with van der Waals surface area (Å²) in [7, 11) is 0. The second kappa shape index (κ2) is 3.91. The monoisotopic (exact) mass is 233 g/mol. The normalized spacial score (nSPS) is 22.4. The van der Waals surface area contributed by atoms with Gasteiger partial charge in [-0.15, -0.1) is 0 Å². The smallest absolute Gasteiger partial charge is 0.157 e. The number of aromatic hydroxyl groups is 2. The van der Waals surface area contributed by atoms with Crippen molar-refractivity contribution in [1.82, 2.24) is 5.32 Å². The molecule has 1 aromatic rings. The predicted molar refractivity (Wildman–Crippen MR) is 66.2 cm³/mol. The molecule has 1 aliphatic heterocycles. The molecule has 0 amide bonds. The molecule has 17 heavy (non-hydrogen) atoms. The Hall–Kier alpha value is -1.22. The molecule has 3 rings (SSSR count). The zero-order valence-electron chi connectivity index (χ0n) is 10.00. The van der Waals surface area contributed by atoms with Crippen LogP contribution in [0.4, 0.5) is 0 Å². The number of benzene rings is 1. The van der Waals surface area contributed by atoms with Crippen molar-refractivity contribution in [3.63, 3.8) is 0 Å². The van der Waals surface area contributed by atoms with Crippen molar-refractivity contribution < 1.29 is 10.2 Å². The summed E-state index contributed by atoms with van der Waals surface area (Å²) in [5.41, 5.74) is 2.59. The van der Waals surface area contributed by atoms with E-state index in [4.69, 9.17) is 0 Å². The Morgan fingerprint density at radius 1 is 1.00 bits per heavy atom. The van der Waals surface area contributed by atoms with Crippen molar-refractivity contribution in [3.05, 3.63) is 23.3 Å². The van der Waals surface area contributed by atoms with Crippen LogP contribution in [0.25, 0.3) is 0 Å². The molecule has 0 unspecified atom stereocenters. The average Bonchev–Trinajstić information content (AvgIpc) is 2.33. The Morgan fingerprint density at radius 3 is 2.47 bits per heavy atom. The Bertz CT molecular complexity index is 436. The van der Waals surface area contributed by atoms with Crippen LogP contribution in [0.15, 0.2) is 12.1 Å². The van der Waals surface area contributed by atoms with E-state index in [0.29, 0.717) is 0 Å². The lowest BCUT2D eigenvalue weighted by atomic mass is 9.66. The van der Waals surface area contributed by atoms with Crippen LogP contribution in [0.2, 0.25) is 0 Å². The Labute approximate surface area is 101 Å². The first-order valence-corrected chi connectivity index (χ1v) is 6.47. The van der Waals surface area contributed by atoms with E-state index in [1.165, 1.54) is 37.7 Å². The summed E-state index contributed by atoms with van der Waals surface area (Å²) in [5, 5.41) is 22.8. The fourth-order valence-corrected chi connectivity index (χ4v) is 3.47. The van der Waals surface area contributed by atoms with Gasteiger partial charge in [0.05, 0.1) is 0 Å². The van der Waals surface area contributed by atoms with Gasteiger partial charge in [-0.25, -0.2) is 0 Å². The van der Waals surface area contributed by atoms with E-state index in [0.717, 1.165) is 18.7 Å². The van der Waals surface area contributed by atoms with Crippen LogP contribution < -0.4 is 5.32 Å². The average molecular weight is 233 g/mol. The van der Waals surface area contributed by atoms with Gasteiger partial charge in [-0.2, -0.15) is 0 Å². The van der Waals surface area contributed by atoms with Gasteiger partial charge < -0.3 is 15.5 Å². The first-order chi connectivity index (χ1) is 8.21. The second-order valence-corrected chi connectivity index (χ2v) is 5.44. The summed E-state index contributed by atoms with van der Waals surface area (Å²) in [6.07, 6.45) is 6.24. The first kappa shape index (κ1) is 10.9. The van der Waals surface area contributed by atoms with E-state index >= 15 is 0 Å². The zero-order valence-corrected chi connectivity index (χ0v) is 10.00. The molecule has 1 aliphatic carbocycles. The molecule has 2 aliphatic rings. The van der Waals surface area contributed by atoms with E-state index < -0.39 is 0 Å². The minimum Gasteiger partial charge on any atom is -0.504 e. The number of fused-ring (bicyclic) bond motifs is 2. The largest absolute Gasteiger partial charge is 0.504 e. The van der Waals surface area contributed by atoms with Gasteiger partial charge in [-0.1, -0.05) is 19.3 Å². The molecule has 1 heterocycles. The maximum Gasteiger partial charge on any atom is 0.157 e. The van der Waals surface area contributed by atoms with Crippen molar-refractivity contribution >= 4 is 0 Å². The molecule has 1 spiro atoms. The van der Waals surface area contributed by atoms with E-state index in [1.807, 2.05) is 0 Å². The molecule has 1 fully saturated rings. The highest BCUT2D eigenvalue weighted by Crippen LogP contribution is 2.45. The van der Waals surface area contributed by atoms with Crippen molar-refractivity contribution in [3.8, 4) is 11.5 Å². The number of phenols is 2. The van der Waals surface area contributed by atoms with Gasteiger partial charge >= 0.3 is 0 Å². The highest BCUT2D eigenvalue weighted by atomic mass is 16.3. The molecule has 0 bridgehead atoms. The molecule has 1 saturated carbocycles. The van der Waals surface area contributed by atoms with Gasteiger partial charge in [-0.3, -0.25) is 0 Å². The lowest BCUT2D eigenvalue weighted by Crippen LogP contribution is -2.44. The summed E-state index contributed by atoms with van der Waals surface area (Å²) >= 11 is 0. The number of hydrogen-bond donors (Lipinski definition) is 3. The second-order valence-electron chi connectivity index (χ2n) is 5.44. The highest BCUT2D eigenvalue weighted by molar-refractivity contribution is 5.49. The van der Waals surface area contributed by atoms with Crippen LogP contribution in [0, 0.1) is 0 Å². The molecule has 0 saturated heterocycles. The third-order valence-corrected chi connectivity index (χ3v) is 4.36. The third-order valence-electron chi connectivity index (χ3n) is 4.36. The molecular formula is C14H19NO2. The van der Waals surface area contributed by atoms with Crippen LogP contribution >= 0.6 is 0 Å². The first-order valence-electron chi connectivity index (χ1n) is 6.47. The number of phenolic OH excluding ortho intramolecular Hbond substituents is 2. The SMILES string of the molecule is Oc1cc2c(cc1O)C1(CCCCC1)CNC2. The predicted octanol–water partition coefficient (Wildman–Crippen LogP) is 2.40. The standard InChI is InChI=1S/C14H19NO2/c16-12-6-10-8-15-9-14(4-2-1-3-5-14)11(10)7-13(12)17/h6-7,15-17H,1-5,8-9H2. The Morgan fingerprint density at radius 2 is 1.71 bits per heavy atom. The lowest BCUT2D eigenvalue weighted by molar-refractivity contribution is 0.262. The van der Waals surface area contributed by atoms with Crippen LogP contribution in [-0.4, -0.2) is 16.8 Å². The summed E-state index contributed by atoms with van der Waals surface area (Å²) in [5.74, 6) is 0.0222. The summed E-state index contributed by atoms with van der Waals surface area (Å²) in [6.45, 7) is 1.80. The van der Waals surface area contributed by atoms with Crippen LogP contribution in [-0.2, 0) is 12.0 Å². The maximum atomic E-state index is 9.72. The van der Waals surface area contributed by atoms with Crippen molar-refractivity contribution in [2.24, 2.45) is 0 Å². The molecule has 0 atom stereocenters. The molecular weight excluding hydrogens is 214 g/mol. The molecule has 0 radical (unpaired) electrons. The van der Waals surface area contributed by atoms with E-state index in [-0.39, 0.29) is 16.9 Å². The van der Waals surface area contributed by atoms with Crippen LogP contribution in [0.3, 0.4) is 0 Å². The third kappa shape index (κ3) is 1.69. The van der Waals surface area contributed by atoms with Gasteiger partial charge in [0.1, 0.15) is 0 Å². The van der Waals surface area contributed by atoms with Gasteiger partial charge in [0.2, 0.25) is 0 Å². The van der Waals surface area contributed by atoms with Crippen molar-refractivity contribution in [1.29, 1.82) is 0 Å². The van der Waals surface area contributed by atoms with E-state index in [2.05, 4.69) is 5.32 Å². The zero-order chi connectivity index (χ0) is 11.9. The minimum absolute atomic E-state index is 0.00147. The molecule has 3 heteroatoms. The van der Waals surface area contributed by atoms with E-state index in [9.17, 15) is 10.2 Å². The van der Waals surface area contributed by atoms with Gasteiger partial charge in [0, 0.05) is 18.5 Å². The molecule has 92 valence electrons. The topological polar surface area (TPSA) is 52.5 Å². The molecule has 3 nitrogen and oxygen atoms in total. The number of hydrogen-bond acceptors (Lipinski definition) is 3. The van der Waals surface area contributed by atoms with E-state index in [1.54, 1.807) is 12.1 Å². The lowest BCUT2D eigenvalue weighted by Gasteiger charge is -2.42. The Balaban J connectivity index is 2.09.